The maximum atomic E-state index is 14.3. The van der Waals surface area contributed by atoms with Gasteiger partial charge in [-0.25, -0.2) is 14.4 Å². The third-order valence-electron chi connectivity index (χ3n) is 5.85. The predicted molar refractivity (Wildman–Crippen MR) is 120 cm³/mol. The van der Waals surface area contributed by atoms with E-state index in [2.05, 4.69) is 20.6 Å². The number of amides is 1. The van der Waals surface area contributed by atoms with E-state index >= 15 is 0 Å². The van der Waals surface area contributed by atoms with Gasteiger partial charge in [0.05, 0.1) is 11.8 Å². The van der Waals surface area contributed by atoms with Gasteiger partial charge in [0.1, 0.15) is 29.2 Å². The summed E-state index contributed by atoms with van der Waals surface area (Å²) in [5.74, 6) is -1.02. The Bertz CT molecular complexity index is 1340. The van der Waals surface area contributed by atoms with E-state index in [1.807, 2.05) is 0 Å². The van der Waals surface area contributed by atoms with Crippen molar-refractivity contribution in [2.75, 3.05) is 11.1 Å². The quantitative estimate of drug-likeness (QED) is 0.458. The van der Waals surface area contributed by atoms with Crippen LogP contribution in [-0.4, -0.2) is 20.4 Å². The van der Waals surface area contributed by atoms with Crippen molar-refractivity contribution < 1.29 is 22.4 Å². The van der Waals surface area contributed by atoms with Crippen molar-refractivity contribution in [1.29, 1.82) is 0 Å². The highest BCUT2D eigenvalue weighted by Crippen LogP contribution is 2.32. The molecule has 4 N–H and O–H groups in total. The molecule has 0 aliphatic carbocycles. The minimum absolute atomic E-state index is 0.0520. The van der Waals surface area contributed by atoms with Gasteiger partial charge in [0.15, 0.2) is 0 Å². The minimum Gasteiger partial charge on any atom is -0.384 e. The van der Waals surface area contributed by atoms with Gasteiger partial charge in [-0.1, -0.05) is 18.2 Å². The molecular weight excluding hydrogens is 468 g/mol. The highest BCUT2D eigenvalue weighted by atomic mass is 19.4. The summed E-state index contributed by atoms with van der Waals surface area (Å²) in [4.78, 5) is 34.3. The molecule has 0 radical (unpaired) electrons. The van der Waals surface area contributed by atoms with Crippen LogP contribution in [0.15, 0.2) is 41.3 Å². The monoisotopic (exact) mass is 490 g/mol. The summed E-state index contributed by atoms with van der Waals surface area (Å²) in [5, 5.41) is 5.44. The van der Waals surface area contributed by atoms with Gasteiger partial charge in [-0.3, -0.25) is 14.2 Å². The van der Waals surface area contributed by atoms with Gasteiger partial charge in [0.25, 0.3) is 5.56 Å². The Labute approximate surface area is 197 Å². The molecule has 0 spiro atoms. The average molecular weight is 490 g/mol. The van der Waals surface area contributed by atoms with Gasteiger partial charge in [-0.15, -0.1) is 0 Å². The Morgan fingerprint density at radius 1 is 1.20 bits per heavy atom. The fourth-order valence-corrected chi connectivity index (χ4v) is 4.00. The van der Waals surface area contributed by atoms with Crippen LogP contribution in [0.5, 0.6) is 0 Å². The van der Waals surface area contributed by atoms with Gasteiger partial charge in [0.2, 0.25) is 5.91 Å². The van der Waals surface area contributed by atoms with Gasteiger partial charge in [0, 0.05) is 30.8 Å². The zero-order chi connectivity index (χ0) is 25.3. The number of nitrogens with one attached hydrogen (secondary N) is 2. The van der Waals surface area contributed by atoms with Crippen LogP contribution < -0.4 is 21.9 Å². The SMILES string of the molecule is Cc1nc(N)ccc1CNC(=O)[C@@H]1CCc2ncc(NCc3cccc(C(F)(F)F)c3F)c(=O)n21. The van der Waals surface area contributed by atoms with Gasteiger partial charge in [-0.05, 0) is 31.0 Å². The number of nitrogens with zero attached hydrogens (tertiary/aromatic N) is 3. The Balaban J connectivity index is 1.50. The number of carbonyl (C=O) groups excluding carboxylic acids is 1. The molecule has 8 nitrogen and oxygen atoms in total. The summed E-state index contributed by atoms with van der Waals surface area (Å²) < 4.78 is 54.5. The second-order valence-corrected chi connectivity index (χ2v) is 8.15. The summed E-state index contributed by atoms with van der Waals surface area (Å²) >= 11 is 0. The van der Waals surface area contributed by atoms with Crippen molar-refractivity contribution in [2.24, 2.45) is 0 Å². The molecule has 3 heterocycles. The molecule has 1 atom stereocenters. The summed E-state index contributed by atoms with van der Waals surface area (Å²) in [6.45, 7) is 1.59. The topological polar surface area (TPSA) is 115 Å². The summed E-state index contributed by atoms with van der Waals surface area (Å²) in [5.41, 5.74) is 4.83. The molecule has 184 valence electrons. The maximum absolute atomic E-state index is 14.3. The lowest BCUT2D eigenvalue weighted by Crippen LogP contribution is -2.36. The molecule has 4 rings (SSSR count). The fourth-order valence-electron chi connectivity index (χ4n) is 4.00. The molecule has 3 aromatic rings. The van der Waals surface area contributed by atoms with Gasteiger partial charge >= 0.3 is 6.18 Å². The lowest BCUT2D eigenvalue weighted by Gasteiger charge is -2.16. The molecule has 0 fully saturated rings. The molecule has 0 saturated heterocycles. The van der Waals surface area contributed by atoms with Crippen LogP contribution >= 0.6 is 0 Å². The van der Waals surface area contributed by atoms with E-state index in [1.54, 1.807) is 19.1 Å². The Kier molecular flexibility index (Phi) is 6.46. The summed E-state index contributed by atoms with van der Waals surface area (Å²) in [7, 11) is 0. The number of pyridine rings is 1. The first-order valence-corrected chi connectivity index (χ1v) is 10.7. The molecule has 1 aromatic carbocycles. The van der Waals surface area contributed by atoms with E-state index in [9.17, 15) is 27.2 Å². The van der Waals surface area contributed by atoms with Crippen LogP contribution in [0.2, 0.25) is 0 Å². The standard InChI is InChI=1S/C23H22F4N6O2/c1-12-13(5-7-18(28)32-12)9-31-21(34)17-6-8-19-30-11-16(22(35)33(17)19)29-10-14-3-2-4-15(20(14)24)23(25,26)27/h2-5,7,11,17,29H,6,8-10H2,1H3,(H2,28,32)(H,31,34)/t17-/m0/s1. The fraction of sp³-hybridized carbons (Fsp3) is 0.304. The number of carbonyl (C=O) groups is 1. The van der Waals surface area contributed by atoms with Gasteiger partial charge < -0.3 is 16.4 Å². The maximum Gasteiger partial charge on any atom is 0.419 e. The molecule has 1 aliphatic rings. The number of fused-ring (bicyclic) bond motifs is 1. The molecule has 1 aliphatic heterocycles. The van der Waals surface area contributed by atoms with Crippen LogP contribution in [-0.2, 0) is 30.5 Å². The Morgan fingerprint density at radius 3 is 2.69 bits per heavy atom. The highest BCUT2D eigenvalue weighted by Gasteiger charge is 2.35. The van der Waals surface area contributed by atoms with Crippen LogP contribution in [0.25, 0.3) is 0 Å². The number of aryl methyl sites for hydroxylation is 2. The van der Waals surface area contributed by atoms with Crippen molar-refractivity contribution in [3.05, 3.63) is 80.9 Å². The minimum atomic E-state index is -4.84. The number of anilines is 2. The zero-order valence-corrected chi connectivity index (χ0v) is 18.6. The van der Waals surface area contributed by atoms with E-state index in [0.29, 0.717) is 36.2 Å². The third-order valence-corrected chi connectivity index (χ3v) is 5.85. The van der Waals surface area contributed by atoms with Crippen LogP contribution in [0.4, 0.5) is 29.1 Å². The average Bonchev–Trinajstić information content (AvgIpc) is 3.23. The molecule has 1 amide bonds. The first-order chi connectivity index (χ1) is 16.6. The normalized spacial score (nSPS) is 15.1. The third kappa shape index (κ3) is 4.96. The van der Waals surface area contributed by atoms with E-state index in [0.717, 1.165) is 11.6 Å². The molecule has 35 heavy (non-hydrogen) atoms. The predicted octanol–water partition coefficient (Wildman–Crippen LogP) is 3.10. The number of nitrogens with two attached hydrogens (primary N) is 1. The van der Waals surface area contributed by atoms with E-state index in [-0.39, 0.29) is 30.2 Å². The van der Waals surface area contributed by atoms with Gasteiger partial charge in [-0.2, -0.15) is 13.2 Å². The molecule has 2 aromatic heterocycles. The van der Waals surface area contributed by atoms with Crippen LogP contribution in [0.1, 0.15) is 40.7 Å². The molecule has 0 bridgehead atoms. The number of rotatable bonds is 6. The van der Waals surface area contributed by atoms with Crippen LogP contribution in [0.3, 0.4) is 0 Å². The highest BCUT2D eigenvalue weighted by molar-refractivity contribution is 5.81. The second-order valence-electron chi connectivity index (χ2n) is 8.15. The van der Waals surface area contributed by atoms with E-state index < -0.39 is 29.2 Å². The first-order valence-electron chi connectivity index (χ1n) is 10.7. The second kappa shape index (κ2) is 9.35. The molecule has 0 saturated carbocycles. The Hall–Kier alpha value is -3.96. The molecule has 12 heteroatoms. The van der Waals surface area contributed by atoms with Crippen LogP contribution in [0, 0.1) is 12.7 Å². The number of hydrogen-bond donors (Lipinski definition) is 3. The molecular formula is C23H22F4N6O2. The van der Waals surface area contributed by atoms with Crippen molar-refractivity contribution >= 4 is 17.4 Å². The Morgan fingerprint density at radius 2 is 1.97 bits per heavy atom. The van der Waals surface area contributed by atoms with Crippen molar-refractivity contribution in [3.63, 3.8) is 0 Å². The van der Waals surface area contributed by atoms with Crippen molar-refractivity contribution in [3.8, 4) is 0 Å². The number of aromatic nitrogens is 3. The van der Waals surface area contributed by atoms with Crippen molar-refractivity contribution in [1.82, 2.24) is 19.9 Å². The number of nitrogen functional groups attached to an aromatic ring is 1. The van der Waals surface area contributed by atoms with E-state index in [1.165, 1.54) is 16.8 Å². The summed E-state index contributed by atoms with van der Waals surface area (Å²) in [6.07, 6.45) is -2.84. The zero-order valence-electron chi connectivity index (χ0n) is 18.6. The molecule has 0 unspecified atom stereocenters. The lowest BCUT2D eigenvalue weighted by atomic mass is 10.1. The first kappa shape index (κ1) is 24.2. The smallest absolute Gasteiger partial charge is 0.384 e. The number of hydrogen-bond acceptors (Lipinski definition) is 6. The van der Waals surface area contributed by atoms with Crippen molar-refractivity contribution in [2.45, 2.75) is 45.1 Å². The lowest BCUT2D eigenvalue weighted by molar-refractivity contribution is -0.140. The number of alkyl halides is 3. The summed E-state index contributed by atoms with van der Waals surface area (Å²) in [6, 6.07) is 5.51. The van der Waals surface area contributed by atoms with E-state index in [4.69, 9.17) is 5.73 Å². The largest absolute Gasteiger partial charge is 0.419 e. The number of halogens is 4. The number of benzene rings is 1.